The second-order valence-electron chi connectivity index (χ2n) is 4.61. The molecule has 2 nitrogen and oxygen atoms in total. The second-order valence-corrected chi connectivity index (χ2v) is 5.93. The molecule has 0 saturated heterocycles. The summed E-state index contributed by atoms with van der Waals surface area (Å²) < 4.78 is 3.13. The molecule has 0 saturated carbocycles. The van der Waals surface area contributed by atoms with Crippen molar-refractivity contribution in [3.8, 4) is 0 Å². The minimum atomic E-state index is 0.192. The van der Waals surface area contributed by atoms with Gasteiger partial charge in [0.15, 0.2) is 0 Å². The van der Waals surface area contributed by atoms with E-state index in [0.717, 1.165) is 28.0 Å². The van der Waals surface area contributed by atoms with Crippen molar-refractivity contribution in [2.45, 2.75) is 25.9 Å². The van der Waals surface area contributed by atoms with Gasteiger partial charge in [0.25, 0.3) is 0 Å². The summed E-state index contributed by atoms with van der Waals surface area (Å²) in [5.41, 5.74) is 8.17. The molecule has 96 valence electrons. The third kappa shape index (κ3) is 3.61. The second kappa shape index (κ2) is 5.91. The lowest BCUT2D eigenvalue weighted by Crippen LogP contribution is -2.17. The normalized spacial score (nSPS) is 12.7. The summed E-state index contributed by atoms with van der Waals surface area (Å²) in [5, 5.41) is 0.784. The van der Waals surface area contributed by atoms with E-state index >= 15 is 0 Å². The summed E-state index contributed by atoms with van der Waals surface area (Å²) in [6.45, 7) is 2.80. The molecule has 0 aliphatic heterocycles. The van der Waals surface area contributed by atoms with Gasteiger partial charge in [0.2, 0.25) is 0 Å². The summed E-state index contributed by atoms with van der Waals surface area (Å²) >= 11 is 9.62. The van der Waals surface area contributed by atoms with Crippen molar-refractivity contribution in [1.82, 2.24) is 4.57 Å². The van der Waals surface area contributed by atoms with Crippen LogP contribution < -0.4 is 5.73 Å². The van der Waals surface area contributed by atoms with Gasteiger partial charge in [-0.05, 0) is 42.7 Å². The third-order valence-corrected chi connectivity index (χ3v) is 3.58. The predicted octanol–water partition coefficient (Wildman–Crippen LogP) is 3.84. The molecule has 0 bridgehead atoms. The SMILES string of the molecule is CC(N)Cc1ccn(Cc2ccc(Br)cc2Cl)c1. The Balaban J connectivity index is 2.11. The molecule has 0 amide bonds. The van der Waals surface area contributed by atoms with Gasteiger partial charge < -0.3 is 10.3 Å². The number of hydrogen-bond donors (Lipinski definition) is 1. The first-order valence-corrected chi connectivity index (χ1v) is 7.06. The highest BCUT2D eigenvalue weighted by Crippen LogP contribution is 2.22. The topological polar surface area (TPSA) is 30.9 Å². The van der Waals surface area contributed by atoms with Crippen LogP contribution >= 0.6 is 27.5 Å². The molecule has 1 atom stereocenters. The van der Waals surface area contributed by atoms with Crippen molar-refractivity contribution < 1.29 is 0 Å². The van der Waals surface area contributed by atoms with E-state index in [1.165, 1.54) is 5.56 Å². The quantitative estimate of drug-likeness (QED) is 0.908. The molecule has 0 radical (unpaired) electrons. The summed E-state index contributed by atoms with van der Waals surface area (Å²) in [4.78, 5) is 0. The van der Waals surface area contributed by atoms with Crippen LogP contribution in [0, 0.1) is 0 Å². The van der Waals surface area contributed by atoms with E-state index in [9.17, 15) is 0 Å². The number of aromatic nitrogens is 1. The van der Waals surface area contributed by atoms with Crippen LogP contribution in [0.4, 0.5) is 0 Å². The zero-order chi connectivity index (χ0) is 13.1. The fourth-order valence-electron chi connectivity index (χ4n) is 1.93. The molecule has 2 N–H and O–H groups in total. The van der Waals surface area contributed by atoms with Gasteiger partial charge in [-0.25, -0.2) is 0 Å². The van der Waals surface area contributed by atoms with E-state index in [2.05, 4.69) is 39.0 Å². The van der Waals surface area contributed by atoms with Gasteiger partial charge in [-0.1, -0.05) is 33.6 Å². The van der Waals surface area contributed by atoms with Crippen molar-refractivity contribution >= 4 is 27.5 Å². The van der Waals surface area contributed by atoms with Crippen LogP contribution in [0.1, 0.15) is 18.1 Å². The first kappa shape index (κ1) is 13.7. The molecule has 0 fully saturated rings. The molecule has 1 aromatic carbocycles. The highest BCUT2D eigenvalue weighted by atomic mass is 79.9. The maximum Gasteiger partial charge on any atom is 0.0485 e. The minimum Gasteiger partial charge on any atom is -0.350 e. The number of rotatable bonds is 4. The maximum atomic E-state index is 6.21. The highest BCUT2D eigenvalue weighted by molar-refractivity contribution is 9.10. The van der Waals surface area contributed by atoms with Gasteiger partial charge in [-0.3, -0.25) is 0 Å². The lowest BCUT2D eigenvalue weighted by molar-refractivity contribution is 0.732. The van der Waals surface area contributed by atoms with E-state index in [1.54, 1.807) is 0 Å². The van der Waals surface area contributed by atoms with Crippen LogP contribution in [0.3, 0.4) is 0 Å². The maximum absolute atomic E-state index is 6.21. The molecule has 1 unspecified atom stereocenters. The molecule has 0 aliphatic rings. The average molecular weight is 328 g/mol. The van der Waals surface area contributed by atoms with Gasteiger partial charge in [0, 0.05) is 34.5 Å². The Bertz CT molecular complexity index is 534. The van der Waals surface area contributed by atoms with Crippen LogP contribution in [0.25, 0.3) is 0 Å². The summed E-state index contributed by atoms with van der Waals surface area (Å²) in [7, 11) is 0. The third-order valence-electron chi connectivity index (χ3n) is 2.74. The van der Waals surface area contributed by atoms with Gasteiger partial charge in [0.1, 0.15) is 0 Å². The first-order chi connectivity index (χ1) is 8.54. The molecule has 1 heterocycles. The van der Waals surface area contributed by atoms with Crippen molar-refractivity contribution in [2.24, 2.45) is 5.73 Å². The lowest BCUT2D eigenvalue weighted by atomic mass is 10.1. The highest BCUT2D eigenvalue weighted by Gasteiger charge is 2.04. The van der Waals surface area contributed by atoms with Crippen molar-refractivity contribution in [2.75, 3.05) is 0 Å². The molecule has 0 aliphatic carbocycles. The molecule has 18 heavy (non-hydrogen) atoms. The standard InChI is InChI=1S/C14H16BrClN2/c1-10(17)6-11-4-5-18(8-11)9-12-2-3-13(15)7-14(12)16/h2-5,7-8,10H,6,9,17H2,1H3. The Morgan fingerprint density at radius 3 is 2.83 bits per heavy atom. The molecule has 1 aromatic heterocycles. The fraction of sp³-hybridized carbons (Fsp3) is 0.286. The summed E-state index contributed by atoms with van der Waals surface area (Å²) in [6, 6.07) is 8.27. The predicted molar refractivity (Wildman–Crippen MR) is 80.0 cm³/mol. The number of halogens is 2. The molecule has 0 spiro atoms. The average Bonchev–Trinajstić information content (AvgIpc) is 2.69. The van der Waals surface area contributed by atoms with Crippen LogP contribution in [0.2, 0.25) is 5.02 Å². The zero-order valence-corrected chi connectivity index (χ0v) is 12.6. The number of nitrogens with two attached hydrogens (primary N) is 1. The van der Waals surface area contributed by atoms with Gasteiger partial charge in [-0.15, -0.1) is 0 Å². The van der Waals surface area contributed by atoms with E-state index in [0.29, 0.717) is 0 Å². The van der Waals surface area contributed by atoms with Gasteiger partial charge in [-0.2, -0.15) is 0 Å². The van der Waals surface area contributed by atoms with Crippen molar-refractivity contribution in [3.63, 3.8) is 0 Å². The molecule has 2 aromatic rings. The van der Waals surface area contributed by atoms with Crippen molar-refractivity contribution in [3.05, 3.63) is 57.3 Å². The Hall–Kier alpha value is -0.770. The fourth-order valence-corrected chi connectivity index (χ4v) is 2.66. The number of nitrogens with zero attached hydrogens (tertiary/aromatic N) is 1. The number of hydrogen-bond acceptors (Lipinski definition) is 1. The number of benzene rings is 1. The monoisotopic (exact) mass is 326 g/mol. The van der Waals surface area contributed by atoms with Crippen LogP contribution in [0.15, 0.2) is 41.1 Å². The molecule has 4 heteroatoms. The Labute approximate surface area is 121 Å². The van der Waals surface area contributed by atoms with Crippen LogP contribution in [0.5, 0.6) is 0 Å². The van der Waals surface area contributed by atoms with Crippen LogP contribution in [-0.4, -0.2) is 10.6 Å². The smallest absolute Gasteiger partial charge is 0.0485 e. The first-order valence-electron chi connectivity index (χ1n) is 5.89. The summed E-state index contributed by atoms with van der Waals surface area (Å²) in [5.74, 6) is 0. The van der Waals surface area contributed by atoms with Crippen molar-refractivity contribution in [1.29, 1.82) is 0 Å². The molecular formula is C14H16BrClN2. The molecule has 2 rings (SSSR count). The summed E-state index contributed by atoms with van der Waals surface area (Å²) in [6.07, 6.45) is 5.10. The van der Waals surface area contributed by atoms with E-state index in [-0.39, 0.29) is 6.04 Å². The van der Waals surface area contributed by atoms with E-state index in [1.807, 2.05) is 25.1 Å². The lowest BCUT2D eigenvalue weighted by Gasteiger charge is -2.06. The van der Waals surface area contributed by atoms with Crippen LogP contribution in [-0.2, 0) is 13.0 Å². The Morgan fingerprint density at radius 2 is 2.17 bits per heavy atom. The van der Waals surface area contributed by atoms with Gasteiger partial charge in [0.05, 0.1) is 0 Å². The minimum absolute atomic E-state index is 0.192. The zero-order valence-electron chi connectivity index (χ0n) is 10.2. The largest absolute Gasteiger partial charge is 0.350 e. The van der Waals surface area contributed by atoms with E-state index in [4.69, 9.17) is 17.3 Å². The van der Waals surface area contributed by atoms with Gasteiger partial charge >= 0.3 is 0 Å². The Morgan fingerprint density at radius 1 is 1.39 bits per heavy atom. The Kier molecular flexibility index (Phi) is 4.49. The molecular weight excluding hydrogens is 312 g/mol. The van der Waals surface area contributed by atoms with E-state index < -0.39 is 0 Å².